The molecule has 114 valence electrons. The first kappa shape index (κ1) is 15.5. The largest absolute Gasteiger partial charge is 0.416 e. The molecule has 2 rings (SSSR count). The number of hydrogen-bond acceptors (Lipinski definition) is 2. The molecule has 0 radical (unpaired) electrons. The van der Waals surface area contributed by atoms with E-state index in [1.54, 1.807) is 0 Å². The Morgan fingerprint density at radius 3 is 2.33 bits per heavy atom. The predicted molar refractivity (Wildman–Crippen MR) is 74.3 cm³/mol. The summed E-state index contributed by atoms with van der Waals surface area (Å²) in [6.07, 6.45) is -4.45. The molecule has 1 amide bonds. The molecule has 0 spiro atoms. The molecule has 0 saturated heterocycles. The Bertz CT molecular complexity index is 616. The summed E-state index contributed by atoms with van der Waals surface area (Å²) < 4.78 is 38.3. The summed E-state index contributed by atoms with van der Waals surface area (Å²) in [6.45, 7) is 7.33. The van der Waals surface area contributed by atoms with Gasteiger partial charge in [0.25, 0.3) is 5.91 Å². The zero-order valence-corrected chi connectivity index (χ0v) is 12.3. The van der Waals surface area contributed by atoms with E-state index in [2.05, 4.69) is 10.3 Å². The van der Waals surface area contributed by atoms with E-state index in [9.17, 15) is 18.0 Å². The molecular formula is C15H17F3N2O. The second-order valence-corrected chi connectivity index (χ2v) is 6.18. The first-order valence-corrected chi connectivity index (χ1v) is 6.54. The number of amides is 1. The van der Waals surface area contributed by atoms with Crippen LogP contribution in [0.4, 0.5) is 13.2 Å². The number of carbonyl (C=O) groups is 1. The van der Waals surface area contributed by atoms with E-state index in [1.165, 1.54) is 12.1 Å². The maximum Gasteiger partial charge on any atom is 0.416 e. The normalized spacial score (nSPS) is 20.7. The monoisotopic (exact) mass is 298 g/mol. The average Bonchev–Trinajstić information content (AvgIpc) is 2.33. The number of carbonyl (C=O) groups excluding carboxylic acids is 1. The highest BCUT2D eigenvalue weighted by Gasteiger charge is 2.43. The van der Waals surface area contributed by atoms with Crippen molar-refractivity contribution in [3.63, 3.8) is 0 Å². The fourth-order valence-electron chi connectivity index (χ4n) is 2.00. The van der Waals surface area contributed by atoms with Crippen LogP contribution in [0.3, 0.4) is 0 Å². The van der Waals surface area contributed by atoms with Crippen LogP contribution in [0.15, 0.2) is 29.3 Å². The van der Waals surface area contributed by atoms with E-state index in [0.717, 1.165) is 12.1 Å². The second kappa shape index (κ2) is 4.58. The van der Waals surface area contributed by atoms with E-state index >= 15 is 0 Å². The minimum absolute atomic E-state index is 0.0328. The molecule has 1 heterocycles. The smallest absolute Gasteiger partial charge is 0.343 e. The maximum atomic E-state index is 12.8. The molecule has 0 fully saturated rings. The van der Waals surface area contributed by atoms with Gasteiger partial charge in [0.2, 0.25) is 0 Å². The van der Waals surface area contributed by atoms with Crippen LogP contribution in [0.25, 0.3) is 0 Å². The maximum absolute atomic E-state index is 12.8. The van der Waals surface area contributed by atoms with Gasteiger partial charge in [-0.3, -0.25) is 9.79 Å². The lowest BCUT2D eigenvalue weighted by molar-refractivity contribution is -0.137. The van der Waals surface area contributed by atoms with Gasteiger partial charge in [0.1, 0.15) is 5.71 Å². The Hall–Kier alpha value is -1.85. The minimum Gasteiger partial charge on any atom is -0.343 e. The summed E-state index contributed by atoms with van der Waals surface area (Å²) in [7, 11) is 0. The third-order valence-electron chi connectivity index (χ3n) is 4.03. The predicted octanol–water partition coefficient (Wildman–Crippen LogP) is 3.18. The molecule has 1 aliphatic heterocycles. The molecule has 3 nitrogen and oxygen atoms in total. The Labute approximate surface area is 121 Å². The van der Waals surface area contributed by atoms with Crippen molar-refractivity contribution in [2.75, 3.05) is 0 Å². The van der Waals surface area contributed by atoms with Crippen LogP contribution >= 0.6 is 0 Å². The molecule has 6 heteroatoms. The van der Waals surface area contributed by atoms with Gasteiger partial charge in [0.05, 0.1) is 16.6 Å². The fourth-order valence-corrected chi connectivity index (χ4v) is 2.00. The summed E-state index contributed by atoms with van der Waals surface area (Å²) in [5, 5.41) is 2.80. The SMILES string of the molecule is CC1(C)N=C(c2cccc(C(F)(F)F)c2)C(=O)NC1(C)C. The Morgan fingerprint density at radius 1 is 1.14 bits per heavy atom. The van der Waals surface area contributed by atoms with Gasteiger partial charge in [-0.05, 0) is 39.8 Å². The van der Waals surface area contributed by atoms with Crippen LogP contribution in [0.5, 0.6) is 0 Å². The minimum atomic E-state index is -4.45. The number of benzene rings is 1. The molecule has 0 bridgehead atoms. The molecule has 0 saturated carbocycles. The van der Waals surface area contributed by atoms with Crippen molar-refractivity contribution in [2.45, 2.75) is 44.9 Å². The van der Waals surface area contributed by atoms with Crippen molar-refractivity contribution in [3.05, 3.63) is 35.4 Å². The third-order valence-corrected chi connectivity index (χ3v) is 4.03. The van der Waals surface area contributed by atoms with Crippen LogP contribution in [0.2, 0.25) is 0 Å². The number of halogens is 3. The number of nitrogens with one attached hydrogen (secondary N) is 1. The number of nitrogens with zero attached hydrogens (tertiary/aromatic N) is 1. The number of hydrogen-bond donors (Lipinski definition) is 1. The summed E-state index contributed by atoms with van der Waals surface area (Å²) >= 11 is 0. The highest BCUT2D eigenvalue weighted by molar-refractivity contribution is 6.46. The first-order chi connectivity index (χ1) is 9.44. The van der Waals surface area contributed by atoms with Gasteiger partial charge in [0, 0.05) is 5.56 Å². The van der Waals surface area contributed by atoms with Gasteiger partial charge in [0.15, 0.2) is 0 Å². The van der Waals surface area contributed by atoms with Crippen LogP contribution in [-0.4, -0.2) is 22.7 Å². The quantitative estimate of drug-likeness (QED) is 0.850. The van der Waals surface area contributed by atoms with Crippen LogP contribution < -0.4 is 5.32 Å². The Kier molecular flexibility index (Phi) is 3.39. The summed E-state index contributed by atoms with van der Waals surface area (Å²) in [5.74, 6) is -0.460. The zero-order chi connectivity index (χ0) is 16.1. The van der Waals surface area contributed by atoms with Gasteiger partial charge >= 0.3 is 6.18 Å². The molecule has 1 N–H and O–H groups in total. The van der Waals surface area contributed by atoms with E-state index in [1.807, 2.05) is 27.7 Å². The topological polar surface area (TPSA) is 41.5 Å². The van der Waals surface area contributed by atoms with Gasteiger partial charge in [-0.15, -0.1) is 0 Å². The van der Waals surface area contributed by atoms with Crippen LogP contribution in [-0.2, 0) is 11.0 Å². The standard InChI is InChI=1S/C15H17F3N2O/c1-13(2)14(3,4)20-12(21)11(19-13)9-6-5-7-10(8-9)15(16,17)18/h5-8H,1-4H3,(H,20,21). The third kappa shape index (κ3) is 2.80. The van der Waals surface area contributed by atoms with Crippen molar-refractivity contribution >= 4 is 11.6 Å². The van der Waals surface area contributed by atoms with Gasteiger partial charge in [-0.25, -0.2) is 0 Å². The number of aliphatic imine (C=N–C) groups is 1. The molecule has 0 aromatic heterocycles. The van der Waals surface area contributed by atoms with Crippen LogP contribution in [0.1, 0.15) is 38.8 Å². The van der Waals surface area contributed by atoms with E-state index in [-0.39, 0.29) is 11.3 Å². The highest BCUT2D eigenvalue weighted by Crippen LogP contribution is 2.32. The molecule has 0 atom stereocenters. The van der Waals surface area contributed by atoms with Gasteiger partial charge < -0.3 is 5.32 Å². The molecular weight excluding hydrogens is 281 g/mol. The van der Waals surface area contributed by atoms with Crippen molar-refractivity contribution in [1.82, 2.24) is 5.32 Å². The molecule has 1 aliphatic rings. The van der Waals surface area contributed by atoms with Crippen molar-refractivity contribution in [1.29, 1.82) is 0 Å². The molecule has 1 aromatic carbocycles. The Morgan fingerprint density at radius 2 is 1.76 bits per heavy atom. The average molecular weight is 298 g/mol. The highest BCUT2D eigenvalue weighted by atomic mass is 19.4. The molecule has 0 unspecified atom stereocenters. The molecule has 0 aliphatic carbocycles. The second-order valence-electron chi connectivity index (χ2n) is 6.18. The van der Waals surface area contributed by atoms with Crippen molar-refractivity contribution in [2.24, 2.45) is 4.99 Å². The van der Waals surface area contributed by atoms with Crippen LogP contribution in [0, 0.1) is 0 Å². The molecule has 21 heavy (non-hydrogen) atoms. The summed E-state index contributed by atoms with van der Waals surface area (Å²) in [5.41, 5.74) is -1.78. The van der Waals surface area contributed by atoms with E-state index < -0.39 is 28.7 Å². The fraction of sp³-hybridized carbons (Fsp3) is 0.467. The van der Waals surface area contributed by atoms with E-state index in [0.29, 0.717) is 0 Å². The summed E-state index contributed by atoms with van der Waals surface area (Å²) in [4.78, 5) is 16.5. The first-order valence-electron chi connectivity index (χ1n) is 6.54. The lowest BCUT2D eigenvalue weighted by Gasteiger charge is -2.43. The number of alkyl halides is 3. The zero-order valence-electron chi connectivity index (χ0n) is 12.3. The lowest BCUT2D eigenvalue weighted by Crippen LogP contribution is -2.62. The van der Waals surface area contributed by atoms with E-state index in [4.69, 9.17) is 0 Å². The van der Waals surface area contributed by atoms with Crippen molar-refractivity contribution < 1.29 is 18.0 Å². The Balaban J connectivity index is 2.52. The molecule has 1 aromatic rings. The van der Waals surface area contributed by atoms with Crippen molar-refractivity contribution in [3.8, 4) is 0 Å². The lowest BCUT2D eigenvalue weighted by atomic mass is 9.80. The van der Waals surface area contributed by atoms with Gasteiger partial charge in [-0.1, -0.05) is 12.1 Å². The summed E-state index contributed by atoms with van der Waals surface area (Å²) in [6, 6.07) is 4.66. The number of rotatable bonds is 1. The van der Waals surface area contributed by atoms with Gasteiger partial charge in [-0.2, -0.15) is 13.2 Å².